The van der Waals surface area contributed by atoms with Crippen molar-refractivity contribution in [2.45, 2.75) is 12.8 Å². The first-order valence-electron chi connectivity index (χ1n) is 3.77. The second-order valence-corrected chi connectivity index (χ2v) is 3.38. The molecule has 1 saturated heterocycles. The van der Waals surface area contributed by atoms with Crippen LogP contribution in [0.25, 0.3) is 0 Å². The number of allylic oxidation sites excluding steroid dienone is 1. The van der Waals surface area contributed by atoms with Gasteiger partial charge in [0.15, 0.2) is 0 Å². The highest BCUT2D eigenvalue weighted by atomic mass is 35.5. The van der Waals surface area contributed by atoms with E-state index in [-0.39, 0.29) is 11.7 Å². The maximum atomic E-state index is 11.3. The Hall–Kier alpha value is -0.340. The topological polar surface area (TPSA) is 29.1 Å². The molecule has 1 aliphatic heterocycles. The first-order chi connectivity index (χ1) is 5.20. The Bertz CT molecular complexity index is 173. The van der Waals surface area contributed by atoms with E-state index in [0.717, 1.165) is 19.5 Å². The van der Waals surface area contributed by atoms with Gasteiger partial charge in [0, 0.05) is 23.9 Å². The molecule has 1 unspecified atom stereocenters. The largest absolute Gasteiger partial charge is 0.316 e. The van der Waals surface area contributed by atoms with Crippen molar-refractivity contribution in [3.05, 3.63) is 11.6 Å². The summed E-state index contributed by atoms with van der Waals surface area (Å²) in [6.45, 7) is 5.25. The molecule has 0 amide bonds. The number of Topliss-reactive ketones (excluding diaryl/α,β-unsaturated/α-hetero) is 1. The summed E-state index contributed by atoms with van der Waals surface area (Å²) < 4.78 is 0. The molecule has 1 fully saturated rings. The molecular weight excluding hydrogens is 162 g/mol. The molecule has 0 aromatic carbocycles. The predicted octanol–water partition coefficient (Wildman–Crippen LogP) is 1.31. The van der Waals surface area contributed by atoms with Gasteiger partial charge in [-0.25, -0.2) is 0 Å². The van der Waals surface area contributed by atoms with Crippen molar-refractivity contribution in [2.75, 3.05) is 13.1 Å². The zero-order valence-electron chi connectivity index (χ0n) is 6.40. The van der Waals surface area contributed by atoms with Gasteiger partial charge in [-0.3, -0.25) is 4.79 Å². The van der Waals surface area contributed by atoms with Crippen LogP contribution in [0, 0.1) is 5.92 Å². The third-order valence-corrected chi connectivity index (χ3v) is 2.02. The van der Waals surface area contributed by atoms with Crippen LogP contribution in [0.4, 0.5) is 0 Å². The molecule has 1 N–H and O–H groups in total. The average Bonchev–Trinajstić information content (AvgIpc) is 2.35. The summed E-state index contributed by atoms with van der Waals surface area (Å²) in [6, 6.07) is 0. The molecule has 1 heterocycles. The Labute approximate surface area is 71.6 Å². The molecule has 1 rings (SSSR count). The van der Waals surface area contributed by atoms with Crippen LogP contribution >= 0.6 is 11.6 Å². The minimum atomic E-state index is 0.172. The lowest BCUT2D eigenvalue weighted by atomic mass is 10.0. The van der Waals surface area contributed by atoms with Crippen LogP contribution < -0.4 is 5.32 Å². The monoisotopic (exact) mass is 173 g/mol. The summed E-state index contributed by atoms with van der Waals surface area (Å²) >= 11 is 5.52. The molecule has 2 nitrogen and oxygen atoms in total. The number of rotatable bonds is 3. The summed E-state index contributed by atoms with van der Waals surface area (Å²) in [6.07, 6.45) is 1.27. The van der Waals surface area contributed by atoms with Crippen LogP contribution in [0.3, 0.4) is 0 Å². The van der Waals surface area contributed by atoms with Gasteiger partial charge < -0.3 is 5.32 Å². The van der Waals surface area contributed by atoms with Crippen molar-refractivity contribution in [3.63, 3.8) is 0 Å². The number of carbonyl (C=O) groups excluding carboxylic acids is 1. The fourth-order valence-electron chi connectivity index (χ4n) is 1.26. The molecule has 62 valence electrons. The maximum Gasteiger partial charge on any atom is 0.142 e. The standard InChI is InChI=1S/C8H12ClNO/c1-6(9)4-8(11)7-2-3-10-5-7/h7,10H,1-5H2. The van der Waals surface area contributed by atoms with Crippen molar-refractivity contribution >= 4 is 17.4 Å². The molecular formula is C8H12ClNO. The van der Waals surface area contributed by atoms with Crippen LogP contribution in [0.15, 0.2) is 11.6 Å². The van der Waals surface area contributed by atoms with E-state index in [1.54, 1.807) is 0 Å². The summed E-state index contributed by atoms with van der Waals surface area (Å²) in [5.74, 6) is 0.389. The van der Waals surface area contributed by atoms with E-state index in [4.69, 9.17) is 11.6 Å². The number of hydrogen-bond acceptors (Lipinski definition) is 2. The minimum Gasteiger partial charge on any atom is -0.316 e. The third-order valence-electron chi connectivity index (χ3n) is 1.88. The van der Waals surface area contributed by atoms with Gasteiger partial charge in [0.1, 0.15) is 5.78 Å². The second kappa shape index (κ2) is 3.88. The van der Waals surface area contributed by atoms with E-state index in [2.05, 4.69) is 11.9 Å². The quantitative estimate of drug-likeness (QED) is 0.698. The summed E-state index contributed by atoms with van der Waals surface area (Å²) in [5.41, 5.74) is 0. The highest BCUT2D eigenvalue weighted by Gasteiger charge is 2.21. The lowest BCUT2D eigenvalue weighted by molar-refractivity contribution is -0.121. The van der Waals surface area contributed by atoms with Crippen LogP contribution in [-0.4, -0.2) is 18.9 Å². The zero-order valence-corrected chi connectivity index (χ0v) is 7.16. The third kappa shape index (κ3) is 2.64. The number of nitrogens with one attached hydrogen (secondary N) is 1. The van der Waals surface area contributed by atoms with Gasteiger partial charge >= 0.3 is 0 Å². The van der Waals surface area contributed by atoms with Crippen LogP contribution in [-0.2, 0) is 4.79 Å². The Morgan fingerprint density at radius 1 is 1.73 bits per heavy atom. The van der Waals surface area contributed by atoms with Gasteiger partial charge in [0.2, 0.25) is 0 Å². The molecule has 0 radical (unpaired) electrons. The highest BCUT2D eigenvalue weighted by molar-refractivity contribution is 6.30. The fraction of sp³-hybridized carbons (Fsp3) is 0.625. The number of carbonyl (C=O) groups is 1. The predicted molar refractivity (Wildman–Crippen MR) is 45.6 cm³/mol. The number of hydrogen-bond donors (Lipinski definition) is 1. The second-order valence-electron chi connectivity index (χ2n) is 2.85. The first-order valence-corrected chi connectivity index (χ1v) is 4.14. The number of ketones is 1. The Balaban J connectivity index is 2.34. The van der Waals surface area contributed by atoms with Crippen molar-refractivity contribution in [3.8, 4) is 0 Å². The lowest BCUT2D eigenvalue weighted by Crippen LogP contribution is -2.17. The Morgan fingerprint density at radius 3 is 2.91 bits per heavy atom. The lowest BCUT2D eigenvalue weighted by Gasteiger charge is -2.04. The van der Waals surface area contributed by atoms with Gasteiger partial charge in [-0.15, -0.1) is 0 Å². The van der Waals surface area contributed by atoms with E-state index >= 15 is 0 Å². The average molecular weight is 174 g/mol. The molecule has 0 spiro atoms. The van der Waals surface area contributed by atoms with Crippen molar-refractivity contribution in [2.24, 2.45) is 5.92 Å². The van der Waals surface area contributed by atoms with Gasteiger partial charge in [-0.2, -0.15) is 0 Å². The maximum absolute atomic E-state index is 11.3. The minimum absolute atomic E-state index is 0.172. The summed E-state index contributed by atoms with van der Waals surface area (Å²) in [7, 11) is 0. The molecule has 1 aliphatic rings. The van der Waals surface area contributed by atoms with Gasteiger partial charge in [-0.1, -0.05) is 18.2 Å². The van der Waals surface area contributed by atoms with Crippen molar-refractivity contribution < 1.29 is 4.79 Å². The molecule has 1 atom stereocenters. The SMILES string of the molecule is C=C(Cl)CC(=O)C1CCNC1. The molecule has 0 saturated carbocycles. The van der Waals surface area contributed by atoms with E-state index in [9.17, 15) is 4.79 Å². The van der Waals surface area contributed by atoms with Crippen LogP contribution in [0.2, 0.25) is 0 Å². The van der Waals surface area contributed by atoms with Crippen molar-refractivity contribution in [1.82, 2.24) is 5.32 Å². The normalized spacial score (nSPS) is 23.5. The van der Waals surface area contributed by atoms with E-state index in [1.165, 1.54) is 0 Å². The van der Waals surface area contributed by atoms with Gasteiger partial charge in [0.25, 0.3) is 0 Å². The molecule has 0 aliphatic carbocycles. The fourth-order valence-corrected chi connectivity index (χ4v) is 1.39. The van der Waals surface area contributed by atoms with E-state index in [0.29, 0.717) is 11.5 Å². The zero-order chi connectivity index (χ0) is 8.27. The summed E-state index contributed by atoms with van der Waals surface area (Å²) in [4.78, 5) is 11.3. The van der Waals surface area contributed by atoms with Gasteiger partial charge in [-0.05, 0) is 13.0 Å². The smallest absolute Gasteiger partial charge is 0.142 e. The van der Waals surface area contributed by atoms with E-state index < -0.39 is 0 Å². The number of halogens is 1. The highest BCUT2D eigenvalue weighted by Crippen LogP contribution is 2.14. The molecule has 0 aromatic heterocycles. The summed E-state index contributed by atoms with van der Waals surface area (Å²) in [5, 5.41) is 3.58. The Kier molecular flexibility index (Phi) is 3.09. The molecule has 0 aromatic rings. The molecule has 11 heavy (non-hydrogen) atoms. The molecule has 0 bridgehead atoms. The van der Waals surface area contributed by atoms with Gasteiger partial charge in [0.05, 0.1) is 0 Å². The van der Waals surface area contributed by atoms with E-state index in [1.807, 2.05) is 0 Å². The Morgan fingerprint density at radius 2 is 2.45 bits per heavy atom. The molecule has 3 heteroatoms. The first kappa shape index (κ1) is 8.75. The van der Waals surface area contributed by atoms with Crippen molar-refractivity contribution in [1.29, 1.82) is 0 Å². The van der Waals surface area contributed by atoms with Crippen LogP contribution in [0.5, 0.6) is 0 Å². The van der Waals surface area contributed by atoms with Crippen LogP contribution in [0.1, 0.15) is 12.8 Å².